The number of nitro benzene ring substituents is 1. The number of amides is 1. The maximum absolute atomic E-state index is 12.5. The number of anilines is 1. The van der Waals surface area contributed by atoms with E-state index in [1.807, 2.05) is 24.3 Å². The predicted molar refractivity (Wildman–Crippen MR) is 102 cm³/mol. The summed E-state index contributed by atoms with van der Waals surface area (Å²) in [5.74, 6) is -0.333. The number of nitro groups is 1. The monoisotopic (exact) mass is 388 g/mol. The third-order valence-corrected chi connectivity index (χ3v) is 5.03. The lowest BCUT2D eigenvalue weighted by Gasteiger charge is -2.13. The Kier molecular flexibility index (Phi) is 5.34. The lowest BCUT2D eigenvalue weighted by Crippen LogP contribution is -2.22. The van der Waals surface area contributed by atoms with E-state index in [1.165, 1.54) is 36.3 Å². The smallest absolute Gasteiger partial charge is 0.271 e. The first kappa shape index (κ1) is 18.1. The van der Waals surface area contributed by atoms with Gasteiger partial charge in [0.2, 0.25) is 5.91 Å². The van der Waals surface area contributed by atoms with E-state index in [2.05, 4.69) is 15.3 Å². The Balaban J connectivity index is 1.78. The first-order valence-corrected chi connectivity index (χ1v) is 8.82. The van der Waals surface area contributed by atoms with E-state index < -0.39 is 10.2 Å². The SMILES string of the molecule is C[C@@H](Sc1ncnc2ccccc12)C(=O)Nc1cc([N+](=O)[O-])ccc1Cl. The van der Waals surface area contributed by atoms with Crippen molar-refractivity contribution in [3.8, 4) is 0 Å². The van der Waals surface area contributed by atoms with E-state index in [9.17, 15) is 14.9 Å². The van der Waals surface area contributed by atoms with Crippen LogP contribution >= 0.6 is 23.4 Å². The van der Waals surface area contributed by atoms with Crippen molar-refractivity contribution in [2.75, 3.05) is 5.32 Å². The maximum Gasteiger partial charge on any atom is 0.271 e. The largest absolute Gasteiger partial charge is 0.324 e. The standard InChI is InChI=1S/C17H13ClN4O3S/c1-10(26-17-12-4-2-3-5-14(12)19-9-20-17)16(23)21-15-8-11(22(24)25)6-7-13(15)18/h2-10H,1H3,(H,21,23)/t10-/m1/s1. The molecule has 0 radical (unpaired) electrons. The number of thioether (sulfide) groups is 1. The van der Waals surface area contributed by atoms with Gasteiger partial charge in [-0.15, -0.1) is 0 Å². The molecule has 9 heteroatoms. The third-order valence-electron chi connectivity index (χ3n) is 3.58. The number of carbonyl (C=O) groups excluding carboxylic acids is 1. The number of benzene rings is 2. The molecule has 1 atom stereocenters. The van der Waals surface area contributed by atoms with Crippen LogP contribution in [0.4, 0.5) is 11.4 Å². The van der Waals surface area contributed by atoms with Gasteiger partial charge in [-0.05, 0) is 19.1 Å². The summed E-state index contributed by atoms with van der Waals surface area (Å²) in [6, 6.07) is 11.4. The Morgan fingerprint density at radius 1 is 1.27 bits per heavy atom. The highest BCUT2D eigenvalue weighted by molar-refractivity contribution is 8.00. The normalized spacial score (nSPS) is 11.9. The molecule has 0 unspecified atom stereocenters. The Labute approximate surface area is 157 Å². The lowest BCUT2D eigenvalue weighted by molar-refractivity contribution is -0.384. The van der Waals surface area contributed by atoms with Gasteiger partial charge in [-0.3, -0.25) is 14.9 Å². The van der Waals surface area contributed by atoms with E-state index in [0.29, 0.717) is 5.03 Å². The number of hydrogen-bond acceptors (Lipinski definition) is 6. The van der Waals surface area contributed by atoms with Crippen molar-refractivity contribution in [2.45, 2.75) is 17.2 Å². The molecule has 3 aromatic rings. The number of carbonyl (C=O) groups is 1. The number of nitrogens with one attached hydrogen (secondary N) is 1. The minimum absolute atomic E-state index is 0.146. The van der Waals surface area contributed by atoms with Crippen molar-refractivity contribution >= 4 is 51.5 Å². The Morgan fingerprint density at radius 3 is 2.81 bits per heavy atom. The van der Waals surface area contributed by atoms with Crippen LogP contribution in [0, 0.1) is 10.1 Å². The first-order chi connectivity index (χ1) is 12.5. The third kappa shape index (κ3) is 3.92. The zero-order valence-electron chi connectivity index (χ0n) is 13.5. The fourth-order valence-corrected chi connectivity index (χ4v) is 3.33. The molecule has 1 amide bonds. The highest BCUT2D eigenvalue weighted by atomic mass is 35.5. The zero-order chi connectivity index (χ0) is 18.7. The molecular formula is C17H13ClN4O3S. The molecule has 0 fully saturated rings. The molecule has 0 aliphatic rings. The Bertz CT molecular complexity index is 993. The van der Waals surface area contributed by atoms with Gasteiger partial charge in [0.1, 0.15) is 11.4 Å². The van der Waals surface area contributed by atoms with Gasteiger partial charge in [0.25, 0.3) is 5.69 Å². The van der Waals surface area contributed by atoms with Crippen molar-refractivity contribution in [2.24, 2.45) is 0 Å². The summed E-state index contributed by atoms with van der Waals surface area (Å²) in [6.07, 6.45) is 1.45. The molecule has 0 aliphatic carbocycles. The van der Waals surface area contributed by atoms with Crippen molar-refractivity contribution in [1.82, 2.24) is 9.97 Å². The second-order valence-electron chi connectivity index (χ2n) is 5.37. The van der Waals surface area contributed by atoms with Gasteiger partial charge in [0.05, 0.1) is 26.4 Å². The lowest BCUT2D eigenvalue weighted by atomic mass is 10.2. The van der Waals surface area contributed by atoms with E-state index in [1.54, 1.807) is 6.92 Å². The number of rotatable bonds is 5. The first-order valence-electron chi connectivity index (χ1n) is 7.57. The van der Waals surface area contributed by atoms with Gasteiger partial charge in [-0.2, -0.15) is 0 Å². The van der Waals surface area contributed by atoms with Crippen LogP contribution in [0.15, 0.2) is 53.8 Å². The second kappa shape index (κ2) is 7.67. The number of halogens is 1. The fraction of sp³-hybridized carbons (Fsp3) is 0.118. The molecule has 0 saturated heterocycles. The molecule has 0 aliphatic heterocycles. The number of nitrogens with zero attached hydrogens (tertiary/aromatic N) is 3. The van der Waals surface area contributed by atoms with Crippen LogP contribution in [-0.4, -0.2) is 26.0 Å². The molecule has 3 rings (SSSR count). The van der Waals surface area contributed by atoms with Crippen molar-refractivity contribution in [1.29, 1.82) is 0 Å². The van der Waals surface area contributed by atoms with Crippen molar-refractivity contribution in [3.63, 3.8) is 0 Å². The summed E-state index contributed by atoms with van der Waals surface area (Å²) in [5.41, 5.74) is 0.844. The average Bonchev–Trinajstić information content (AvgIpc) is 2.63. The summed E-state index contributed by atoms with van der Waals surface area (Å²) in [5, 5.41) is 14.8. The van der Waals surface area contributed by atoms with Crippen LogP contribution < -0.4 is 5.32 Å². The zero-order valence-corrected chi connectivity index (χ0v) is 15.1. The van der Waals surface area contributed by atoms with Gasteiger partial charge in [0, 0.05) is 17.5 Å². The number of para-hydroxylation sites is 1. The number of fused-ring (bicyclic) bond motifs is 1. The molecular weight excluding hydrogens is 376 g/mol. The van der Waals surface area contributed by atoms with Crippen LogP contribution in [0.5, 0.6) is 0 Å². The van der Waals surface area contributed by atoms with Gasteiger partial charge in [0.15, 0.2) is 0 Å². The molecule has 7 nitrogen and oxygen atoms in total. The molecule has 1 N–H and O–H groups in total. The van der Waals surface area contributed by atoms with Crippen LogP contribution in [0.25, 0.3) is 10.9 Å². The molecule has 26 heavy (non-hydrogen) atoms. The minimum atomic E-state index is -0.544. The van der Waals surface area contributed by atoms with Gasteiger partial charge >= 0.3 is 0 Å². The summed E-state index contributed by atoms with van der Waals surface area (Å²) in [4.78, 5) is 31.3. The second-order valence-corrected chi connectivity index (χ2v) is 7.10. The number of aromatic nitrogens is 2. The quantitative estimate of drug-likeness (QED) is 0.302. The van der Waals surface area contributed by atoms with E-state index in [0.717, 1.165) is 10.9 Å². The summed E-state index contributed by atoms with van der Waals surface area (Å²) in [7, 11) is 0. The van der Waals surface area contributed by atoms with E-state index in [-0.39, 0.29) is 22.3 Å². The highest BCUT2D eigenvalue weighted by Gasteiger charge is 2.19. The van der Waals surface area contributed by atoms with Crippen LogP contribution in [-0.2, 0) is 4.79 Å². The van der Waals surface area contributed by atoms with Crippen LogP contribution in [0.2, 0.25) is 5.02 Å². The summed E-state index contributed by atoms with van der Waals surface area (Å²) < 4.78 is 0. The molecule has 132 valence electrons. The average molecular weight is 389 g/mol. The van der Waals surface area contributed by atoms with Crippen molar-refractivity contribution in [3.05, 3.63) is 63.9 Å². The Morgan fingerprint density at radius 2 is 2.04 bits per heavy atom. The number of hydrogen-bond donors (Lipinski definition) is 1. The molecule has 0 bridgehead atoms. The summed E-state index contributed by atoms with van der Waals surface area (Å²) in [6.45, 7) is 1.72. The molecule has 2 aromatic carbocycles. The van der Waals surface area contributed by atoms with Gasteiger partial charge < -0.3 is 5.32 Å². The number of non-ortho nitro benzene ring substituents is 1. The molecule has 0 spiro atoms. The van der Waals surface area contributed by atoms with Crippen LogP contribution in [0.1, 0.15) is 6.92 Å². The highest BCUT2D eigenvalue weighted by Crippen LogP contribution is 2.30. The molecule has 1 heterocycles. The van der Waals surface area contributed by atoms with Crippen molar-refractivity contribution < 1.29 is 9.72 Å². The molecule has 1 aromatic heterocycles. The predicted octanol–water partition coefficient (Wildman–Crippen LogP) is 4.31. The maximum atomic E-state index is 12.5. The fourth-order valence-electron chi connectivity index (χ4n) is 2.25. The van der Waals surface area contributed by atoms with Gasteiger partial charge in [-0.25, -0.2) is 9.97 Å². The minimum Gasteiger partial charge on any atom is -0.324 e. The van der Waals surface area contributed by atoms with Crippen LogP contribution in [0.3, 0.4) is 0 Å². The molecule has 0 saturated carbocycles. The van der Waals surface area contributed by atoms with Gasteiger partial charge in [-0.1, -0.05) is 41.6 Å². The summed E-state index contributed by atoms with van der Waals surface area (Å²) >= 11 is 7.30. The topological polar surface area (TPSA) is 98.0 Å². The Hall–Kier alpha value is -2.71. The van der Waals surface area contributed by atoms with E-state index in [4.69, 9.17) is 11.6 Å². The van der Waals surface area contributed by atoms with E-state index >= 15 is 0 Å².